The number of nitrogens with one attached hydrogen (secondary N) is 1. The molecule has 2 heterocycles. The van der Waals surface area contributed by atoms with E-state index in [1.807, 2.05) is 25.1 Å². The van der Waals surface area contributed by atoms with E-state index in [4.69, 9.17) is 4.42 Å². The number of aryl methyl sites for hydroxylation is 1. The van der Waals surface area contributed by atoms with Gasteiger partial charge in [-0.25, -0.2) is 0 Å². The molecule has 0 aliphatic rings. The van der Waals surface area contributed by atoms with Gasteiger partial charge in [0.05, 0.1) is 0 Å². The summed E-state index contributed by atoms with van der Waals surface area (Å²) in [7, 11) is 0. The van der Waals surface area contributed by atoms with Crippen molar-refractivity contribution in [1.29, 1.82) is 0 Å². The number of fused-ring (bicyclic) bond motifs is 1. The van der Waals surface area contributed by atoms with Crippen molar-refractivity contribution < 1.29 is 9.21 Å². The van der Waals surface area contributed by atoms with Crippen molar-refractivity contribution in [2.24, 2.45) is 0 Å². The lowest BCUT2D eigenvalue weighted by Gasteiger charge is -2.01. The topological polar surface area (TPSA) is 55.1 Å². The van der Waals surface area contributed by atoms with Crippen LogP contribution in [-0.4, -0.2) is 10.9 Å². The highest BCUT2D eigenvalue weighted by Crippen LogP contribution is 2.21. The lowest BCUT2D eigenvalue weighted by atomic mass is 10.2. The molecule has 0 unspecified atom stereocenters. The van der Waals surface area contributed by atoms with Crippen molar-refractivity contribution in [3.05, 3.63) is 60.1 Å². The average molecular weight is 252 g/mol. The molecule has 0 aliphatic heterocycles. The van der Waals surface area contributed by atoms with Gasteiger partial charge in [0.1, 0.15) is 5.58 Å². The Morgan fingerprint density at radius 1 is 1.16 bits per heavy atom. The molecule has 1 N–H and O–H groups in total. The highest BCUT2D eigenvalue weighted by Gasteiger charge is 2.12. The highest BCUT2D eigenvalue weighted by atomic mass is 16.3. The molecule has 3 rings (SSSR count). The van der Waals surface area contributed by atoms with Gasteiger partial charge in [0, 0.05) is 23.5 Å². The highest BCUT2D eigenvalue weighted by molar-refractivity contribution is 6.04. The molecule has 0 atom stereocenters. The first-order chi connectivity index (χ1) is 9.22. The third-order valence-electron chi connectivity index (χ3n) is 2.83. The predicted octanol–water partition coefficient (Wildman–Crippen LogP) is 3.39. The first-order valence-corrected chi connectivity index (χ1v) is 5.94. The number of pyridine rings is 1. The van der Waals surface area contributed by atoms with E-state index in [9.17, 15) is 4.79 Å². The molecule has 4 nitrogen and oxygen atoms in total. The van der Waals surface area contributed by atoms with Crippen molar-refractivity contribution in [1.82, 2.24) is 4.98 Å². The monoisotopic (exact) mass is 252 g/mol. The quantitative estimate of drug-likeness (QED) is 0.760. The molecule has 0 saturated carbocycles. The number of hydrogen-bond donors (Lipinski definition) is 1. The van der Waals surface area contributed by atoms with Gasteiger partial charge in [0.2, 0.25) is 0 Å². The third-order valence-corrected chi connectivity index (χ3v) is 2.83. The van der Waals surface area contributed by atoms with Crippen LogP contribution in [0.1, 0.15) is 16.1 Å². The van der Waals surface area contributed by atoms with E-state index in [2.05, 4.69) is 10.3 Å². The average Bonchev–Trinajstić information content (AvgIpc) is 2.83. The van der Waals surface area contributed by atoms with Crippen LogP contribution in [0.2, 0.25) is 0 Å². The van der Waals surface area contributed by atoms with Crippen LogP contribution in [-0.2, 0) is 0 Å². The number of rotatable bonds is 2. The standard InChI is InChI=1S/C15H12N2O2/c1-10-2-3-13-11(8-10)9-14(19-13)15(18)17-12-4-6-16-7-5-12/h2-9H,1H3,(H,16,17,18). The molecule has 0 saturated heterocycles. The van der Waals surface area contributed by atoms with Crippen LogP contribution in [0, 0.1) is 6.92 Å². The van der Waals surface area contributed by atoms with E-state index in [0.717, 1.165) is 10.9 Å². The van der Waals surface area contributed by atoms with E-state index >= 15 is 0 Å². The zero-order valence-corrected chi connectivity index (χ0v) is 10.4. The SMILES string of the molecule is Cc1ccc2oc(C(=O)Nc3ccncc3)cc2c1. The summed E-state index contributed by atoms with van der Waals surface area (Å²) in [6.07, 6.45) is 3.25. The molecule has 1 amide bonds. The molecule has 1 aromatic carbocycles. The summed E-state index contributed by atoms with van der Waals surface area (Å²) in [5.74, 6) is 0.0393. The van der Waals surface area contributed by atoms with Crippen molar-refractivity contribution in [3.63, 3.8) is 0 Å². The van der Waals surface area contributed by atoms with Gasteiger partial charge in [-0.2, -0.15) is 0 Å². The summed E-state index contributed by atoms with van der Waals surface area (Å²) in [5, 5.41) is 3.69. The van der Waals surface area contributed by atoms with E-state index in [-0.39, 0.29) is 5.91 Å². The molecule has 0 radical (unpaired) electrons. The smallest absolute Gasteiger partial charge is 0.291 e. The fourth-order valence-corrected chi connectivity index (χ4v) is 1.90. The van der Waals surface area contributed by atoms with Gasteiger partial charge in [0.15, 0.2) is 5.76 Å². The number of carbonyl (C=O) groups excluding carboxylic acids is 1. The maximum atomic E-state index is 12.0. The van der Waals surface area contributed by atoms with E-state index in [1.54, 1.807) is 30.6 Å². The van der Waals surface area contributed by atoms with Gasteiger partial charge in [-0.3, -0.25) is 9.78 Å². The molecule has 19 heavy (non-hydrogen) atoms. The number of benzene rings is 1. The second kappa shape index (κ2) is 4.57. The number of aromatic nitrogens is 1. The minimum atomic E-state index is -0.264. The van der Waals surface area contributed by atoms with Gasteiger partial charge in [-0.05, 0) is 37.3 Å². The van der Waals surface area contributed by atoms with Crippen molar-refractivity contribution >= 4 is 22.6 Å². The number of furan rings is 1. The number of carbonyl (C=O) groups is 1. The second-order valence-electron chi connectivity index (χ2n) is 4.34. The van der Waals surface area contributed by atoms with Gasteiger partial charge in [-0.15, -0.1) is 0 Å². The summed E-state index contributed by atoms with van der Waals surface area (Å²) < 4.78 is 5.53. The maximum Gasteiger partial charge on any atom is 0.291 e. The molecule has 0 spiro atoms. The maximum absolute atomic E-state index is 12.0. The fourth-order valence-electron chi connectivity index (χ4n) is 1.90. The van der Waals surface area contributed by atoms with Crippen LogP contribution in [0.5, 0.6) is 0 Å². The van der Waals surface area contributed by atoms with Crippen LogP contribution in [0.4, 0.5) is 5.69 Å². The molecule has 0 fully saturated rings. The largest absolute Gasteiger partial charge is 0.451 e. The molecule has 2 aromatic heterocycles. The van der Waals surface area contributed by atoms with Crippen molar-refractivity contribution in [2.75, 3.05) is 5.32 Å². The Bertz CT molecular complexity index is 732. The first kappa shape index (κ1) is 11.5. The zero-order valence-electron chi connectivity index (χ0n) is 10.4. The normalized spacial score (nSPS) is 10.6. The molecular weight excluding hydrogens is 240 g/mol. The Labute approximate surface area is 110 Å². The summed E-state index contributed by atoms with van der Waals surface area (Å²) >= 11 is 0. The van der Waals surface area contributed by atoms with Gasteiger partial charge >= 0.3 is 0 Å². The van der Waals surface area contributed by atoms with Crippen molar-refractivity contribution in [2.45, 2.75) is 6.92 Å². The summed E-state index contributed by atoms with van der Waals surface area (Å²) in [6.45, 7) is 2.00. The summed E-state index contributed by atoms with van der Waals surface area (Å²) in [6, 6.07) is 11.0. The number of nitrogens with zero attached hydrogens (tertiary/aromatic N) is 1. The van der Waals surface area contributed by atoms with Gasteiger partial charge in [0.25, 0.3) is 5.91 Å². The number of anilines is 1. The Morgan fingerprint density at radius 3 is 2.74 bits per heavy atom. The molecule has 4 heteroatoms. The summed E-state index contributed by atoms with van der Waals surface area (Å²) in [5.41, 5.74) is 2.54. The fraction of sp³-hybridized carbons (Fsp3) is 0.0667. The van der Waals surface area contributed by atoms with E-state index < -0.39 is 0 Å². The van der Waals surface area contributed by atoms with E-state index in [0.29, 0.717) is 17.0 Å². The summed E-state index contributed by atoms with van der Waals surface area (Å²) in [4.78, 5) is 15.9. The van der Waals surface area contributed by atoms with Crippen LogP contribution in [0.15, 0.2) is 53.2 Å². The molecule has 94 valence electrons. The number of hydrogen-bond acceptors (Lipinski definition) is 3. The molecular formula is C15H12N2O2. The van der Waals surface area contributed by atoms with Crippen molar-refractivity contribution in [3.8, 4) is 0 Å². The van der Waals surface area contributed by atoms with Crippen LogP contribution in [0.3, 0.4) is 0 Å². The van der Waals surface area contributed by atoms with Crippen LogP contribution >= 0.6 is 0 Å². The Kier molecular flexibility index (Phi) is 2.76. The lowest BCUT2D eigenvalue weighted by molar-refractivity contribution is 0.0998. The Morgan fingerprint density at radius 2 is 1.95 bits per heavy atom. The van der Waals surface area contributed by atoms with Crippen LogP contribution in [0.25, 0.3) is 11.0 Å². The minimum Gasteiger partial charge on any atom is -0.451 e. The van der Waals surface area contributed by atoms with Gasteiger partial charge < -0.3 is 9.73 Å². The van der Waals surface area contributed by atoms with E-state index in [1.165, 1.54) is 0 Å². The molecule has 3 aromatic rings. The Hall–Kier alpha value is -2.62. The van der Waals surface area contributed by atoms with Gasteiger partial charge in [-0.1, -0.05) is 11.6 Å². The molecule has 0 aliphatic carbocycles. The minimum absolute atomic E-state index is 0.264. The Balaban J connectivity index is 1.89. The second-order valence-corrected chi connectivity index (χ2v) is 4.34. The third kappa shape index (κ3) is 2.33. The predicted molar refractivity (Wildman–Crippen MR) is 73.1 cm³/mol. The lowest BCUT2D eigenvalue weighted by Crippen LogP contribution is -2.10. The first-order valence-electron chi connectivity index (χ1n) is 5.94. The van der Waals surface area contributed by atoms with Crippen LogP contribution < -0.4 is 5.32 Å². The molecule has 0 bridgehead atoms. The number of amides is 1. The zero-order chi connectivity index (χ0) is 13.2.